The summed E-state index contributed by atoms with van der Waals surface area (Å²) in [6.07, 6.45) is -0.249. The van der Waals surface area contributed by atoms with E-state index in [9.17, 15) is 19.7 Å². The molecular weight excluding hydrogens is 450 g/mol. The summed E-state index contributed by atoms with van der Waals surface area (Å²) in [6, 6.07) is 11.5. The van der Waals surface area contributed by atoms with E-state index in [1.165, 1.54) is 17.0 Å². The fraction of sp³-hybridized carbons (Fsp3) is 0.364. The Balaban J connectivity index is 0.00000544. The molecule has 10 nitrogen and oxygen atoms in total. The van der Waals surface area contributed by atoms with Crippen molar-refractivity contribution in [2.24, 2.45) is 0 Å². The molecular formula is C22H30ClN5O5. The Kier molecular flexibility index (Phi) is 11.3. The average molecular weight is 480 g/mol. The number of non-ortho nitro benzene ring substituents is 1. The summed E-state index contributed by atoms with van der Waals surface area (Å²) in [5.41, 5.74) is 2.59. The largest absolute Gasteiger partial charge is 1.00 e. The Morgan fingerprint density at radius 2 is 1.79 bits per heavy atom. The number of ether oxygens (including phenoxy) is 1. The molecule has 2 amide bonds. The van der Waals surface area contributed by atoms with E-state index in [1.807, 2.05) is 31.1 Å². The summed E-state index contributed by atoms with van der Waals surface area (Å²) in [5.74, 6) is 0.0656. The van der Waals surface area contributed by atoms with Crippen LogP contribution >= 0.6 is 0 Å². The normalized spacial score (nSPS) is 10.3. The number of carbonyl (C=O) groups excluding carboxylic acids is 2. The highest BCUT2D eigenvalue weighted by Gasteiger charge is 2.16. The smallest absolute Gasteiger partial charge is 0.414 e. The van der Waals surface area contributed by atoms with E-state index in [1.54, 1.807) is 37.6 Å². The zero-order valence-electron chi connectivity index (χ0n) is 19.2. The number of primary amides is 1. The van der Waals surface area contributed by atoms with Crippen LogP contribution in [-0.2, 0) is 22.6 Å². The number of nitrogens with one attached hydrogen (secondary N) is 1. The zero-order chi connectivity index (χ0) is 23.7. The van der Waals surface area contributed by atoms with Gasteiger partial charge >= 0.3 is 12.0 Å². The van der Waals surface area contributed by atoms with Crippen molar-refractivity contribution >= 4 is 29.1 Å². The van der Waals surface area contributed by atoms with Crippen LogP contribution in [-0.4, -0.2) is 63.1 Å². The number of carbonyl (C=O) groups is 2. The summed E-state index contributed by atoms with van der Waals surface area (Å²) in [6.45, 7) is 1.50. The van der Waals surface area contributed by atoms with E-state index >= 15 is 0 Å². The second kappa shape index (κ2) is 13.4. The van der Waals surface area contributed by atoms with E-state index in [-0.39, 0.29) is 30.6 Å². The van der Waals surface area contributed by atoms with E-state index in [0.717, 1.165) is 12.1 Å². The molecule has 11 heteroatoms. The molecule has 0 heterocycles. The SMILES string of the molecule is CNc1cc([N+](=O)[O-])ccc1COC(=O)N(C)c1ccc(CC(=O)[NH2+]CCN(C)C)cc1.[Cl-]. The molecule has 3 N–H and O–H groups in total. The first-order chi connectivity index (χ1) is 15.2. The third-order valence-electron chi connectivity index (χ3n) is 4.85. The van der Waals surface area contributed by atoms with Crippen LogP contribution in [0.15, 0.2) is 42.5 Å². The summed E-state index contributed by atoms with van der Waals surface area (Å²) in [5, 5.41) is 15.5. The first-order valence-corrected chi connectivity index (χ1v) is 10.2. The maximum absolute atomic E-state index is 12.4. The lowest BCUT2D eigenvalue weighted by Crippen LogP contribution is -3.00. The molecule has 2 aromatic rings. The fourth-order valence-electron chi connectivity index (χ4n) is 2.97. The third-order valence-corrected chi connectivity index (χ3v) is 4.85. The average Bonchev–Trinajstić information content (AvgIpc) is 2.76. The number of halogens is 1. The number of nitro groups is 1. The molecule has 0 aliphatic heterocycles. The van der Waals surface area contributed by atoms with Gasteiger partial charge in [0, 0.05) is 49.7 Å². The van der Waals surface area contributed by atoms with Gasteiger partial charge in [-0.3, -0.25) is 20.3 Å². The second-order valence-corrected chi connectivity index (χ2v) is 7.57. The number of nitrogens with zero attached hydrogens (tertiary/aromatic N) is 3. The highest BCUT2D eigenvalue weighted by molar-refractivity contribution is 5.87. The van der Waals surface area contributed by atoms with E-state index in [0.29, 0.717) is 29.9 Å². The first-order valence-electron chi connectivity index (χ1n) is 10.2. The van der Waals surface area contributed by atoms with Gasteiger partial charge < -0.3 is 27.4 Å². The van der Waals surface area contributed by atoms with Crippen LogP contribution < -0.4 is 27.9 Å². The molecule has 33 heavy (non-hydrogen) atoms. The predicted molar refractivity (Wildman–Crippen MR) is 122 cm³/mol. The number of rotatable bonds is 10. The topological polar surface area (TPSA) is 122 Å². The standard InChI is InChI=1S/C22H29N5O5.ClH/c1-23-20-14-19(27(30)31)10-7-17(20)15-32-22(29)26(4)18-8-5-16(6-9-18)13-21(28)24-11-12-25(2)3;/h5-10,14,23H,11-13,15H2,1-4H3,(H,24,28);1H. The quantitative estimate of drug-likeness (QED) is 0.318. The Bertz CT molecular complexity index is 953. The number of benzene rings is 2. The fourth-order valence-corrected chi connectivity index (χ4v) is 2.97. The van der Waals surface area contributed by atoms with Crippen molar-refractivity contribution in [3.8, 4) is 0 Å². The minimum Gasteiger partial charge on any atom is -1.00 e. The molecule has 0 radical (unpaired) electrons. The summed E-state index contributed by atoms with van der Waals surface area (Å²) in [4.78, 5) is 38.3. The molecule has 0 aliphatic carbocycles. The number of quaternary nitrogens is 1. The lowest BCUT2D eigenvalue weighted by molar-refractivity contribution is -0.568. The lowest BCUT2D eigenvalue weighted by atomic mass is 10.1. The molecule has 0 saturated heterocycles. The third kappa shape index (κ3) is 8.68. The molecule has 2 rings (SSSR count). The number of hydrogen-bond acceptors (Lipinski definition) is 7. The van der Waals surface area contributed by atoms with Gasteiger partial charge in [-0.2, -0.15) is 0 Å². The molecule has 0 fully saturated rings. The van der Waals surface area contributed by atoms with Crippen molar-refractivity contribution in [2.45, 2.75) is 13.0 Å². The Hall–Kier alpha value is -3.21. The van der Waals surface area contributed by atoms with E-state index < -0.39 is 11.0 Å². The molecule has 0 spiro atoms. The van der Waals surface area contributed by atoms with Gasteiger partial charge in [0.2, 0.25) is 0 Å². The second-order valence-electron chi connectivity index (χ2n) is 7.57. The number of nitro benzene ring substituents is 1. The Labute approximate surface area is 199 Å². The van der Waals surface area contributed by atoms with Gasteiger partial charge in [-0.15, -0.1) is 0 Å². The van der Waals surface area contributed by atoms with Crippen LogP contribution in [0.5, 0.6) is 0 Å². The van der Waals surface area contributed by atoms with Gasteiger partial charge in [0.15, 0.2) is 0 Å². The number of anilines is 2. The van der Waals surface area contributed by atoms with Crippen molar-refractivity contribution < 1.29 is 37.0 Å². The van der Waals surface area contributed by atoms with Crippen molar-refractivity contribution in [2.75, 3.05) is 51.5 Å². The van der Waals surface area contributed by atoms with Gasteiger partial charge in [0.05, 0.1) is 17.9 Å². The highest BCUT2D eigenvalue weighted by atomic mass is 35.5. The maximum atomic E-state index is 12.4. The molecule has 0 atom stereocenters. The van der Waals surface area contributed by atoms with Gasteiger partial charge in [-0.25, -0.2) is 9.59 Å². The molecule has 2 aromatic carbocycles. The van der Waals surface area contributed by atoms with Crippen LogP contribution in [0.25, 0.3) is 0 Å². The van der Waals surface area contributed by atoms with Crippen LogP contribution in [0.1, 0.15) is 11.1 Å². The lowest BCUT2D eigenvalue weighted by Gasteiger charge is -2.18. The van der Waals surface area contributed by atoms with Crippen LogP contribution in [0.4, 0.5) is 21.9 Å². The van der Waals surface area contributed by atoms with Crippen LogP contribution in [0.3, 0.4) is 0 Å². The Morgan fingerprint density at radius 1 is 1.12 bits per heavy atom. The van der Waals surface area contributed by atoms with Gasteiger partial charge in [-0.1, -0.05) is 12.1 Å². The molecule has 180 valence electrons. The van der Waals surface area contributed by atoms with E-state index in [4.69, 9.17) is 4.74 Å². The molecule has 0 aliphatic rings. The minimum atomic E-state index is -0.564. The summed E-state index contributed by atoms with van der Waals surface area (Å²) >= 11 is 0. The van der Waals surface area contributed by atoms with Crippen LogP contribution in [0, 0.1) is 10.1 Å². The summed E-state index contributed by atoms with van der Waals surface area (Å²) in [7, 11) is 7.16. The molecule has 0 aromatic heterocycles. The van der Waals surface area contributed by atoms with Crippen molar-refractivity contribution in [3.05, 3.63) is 63.7 Å². The van der Waals surface area contributed by atoms with E-state index in [2.05, 4.69) is 5.32 Å². The maximum Gasteiger partial charge on any atom is 0.414 e. The van der Waals surface area contributed by atoms with Gasteiger partial charge in [-0.05, 0) is 37.9 Å². The zero-order valence-corrected chi connectivity index (χ0v) is 20.0. The van der Waals surface area contributed by atoms with Crippen LogP contribution in [0.2, 0.25) is 0 Å². The minimum absolute atomic E-state index is 0. The van der Waals surface area contributed by atoms with Crippen molar-refractivity contribution in [1.29, 1.82) is 0 Å². The number of nitrogens with two attached hydrogens (primary N) is 1. The summed E-state index contributed by atoms with van der Waals surface area (Å²) < 4.78 is 5.36. The molecule has 0 saturated carbocycles. The van der Waals surface area contributed by atoms with Gasteiger partial charge in [0.1, 0.15) is 6.61 Å². The Morgan fingerprint density at radius 3 is 2.36 bits per heavy atom. The number of amides is 2. The van der Waals surface area contributed by atoms with Gasteiger partial charge in [0.25, 0.3) is 5.69 Å². The first kappa shape index (κ1) is 27.8. The number of likely N-dealkylation sites (N-methyl/N-ethyl adjacent to an activating group) is 1. The number of hydrogen-bond donors (Lipinski definition) is 2. The highest BCUT2D eigenvalue weighted by Crippen LogP contribution is 2.23. The molecule has 0 bridgehead atoms. The monoisotopic (exact) mass is 479 g/mol. The predicted octanol–water partition coefficient (Wildman–Crippen LogP) is -1.39. The molecule has 0 unspecified atom stereocenters. The van der Waals surface area contributed by atoms with Crippen molar-refractivity contribution in [1.82, 2.24) is 4.90 Å². The van der Waals surface area contributed by atoms with Crippen molar-refractivity contribution in [3.63, 3.8) is 0 Å².